The molecular formula is C27H33FN2O3. The highest BCUT2D eigenvalue weighted by Gasteiger charge is 2.19. The third kappa shape index (κ3) is 7.19. The number of nitrogens with zero attached hydrogens (tertiary/aromatic N) is 2. The fourth-order valence-electron chi connectivity index (χ4n) is 3.90. The summed E-state index contributed by atoms with van der Waals surface area (Å²) in [5, 5.41) is 0. The number of rotatable bonds is 12. The molecule has 0 saturated carbocycles. The Morgan fingerprint density at radius 3 is 2.21 bits per heavy atom. The lowest BCUT2D eigenvalue weighted by atomic mass is 10.1. The Morgan fingerprint density at radius 1 is 0.909 bits per heavy atom. The molecule has 0 aliphatic carbocycles. The van der Waals surface area contributed by atoms with Gasteiger partial charge < -0.3 is 14.1 Å². The van der Waals surface area contributed by atoms with E-state index in [2.05, 4.69) is 18.7 Å². The average Bonchev–Trinajstić information content (AvgIpc) is 3.27. The Bertz CT molecular complexity index is 1030. The molecule has 0 fully saturated rings. The first-order valence-corrected chi connectivity index (χ1v) is 11.5. The van der Waals surface area contributed by atoms with Crippen LogP contribution in [0.25, 0.3) is 0 Å². The Hall–Kier alpha value is -3.12. The number of furan rings is 1. The number of benzene rings is 2. The predicted molar refractivity (Wildman–Crippen MR) is 128 cm³/mol. The molecule has 5 nitrogen and oxygen atoms in total. The van der Waals surface area contributed by atoms with E-state index in [0.717, 1.165) is 29.7 Å². The van der Waals surface area contributed by atoms with E-state index >= 15 is 0 Å². The van der Waals surface area contributed by atoms with Crippen LogP contribution in [-0.2, 0) is 19.6 Å². The van der Waals surface area contributed by atoms with Gasteiger partial charge in [0.1, 0.15) is 17.3 Å². The second kappa shape index (κ2) is 12.2. The maximum absolute atomic E-state index is 13.8. The highest BCUT2D eigenvalue weighted by Crippen LogP contribution is 2.20. The first kappa shape index (κ1) is 24.5. The third-order valence-electron chi connectivity index (χ3n) is 5.36. The summed E-state index contributed by atoms with van der Waals surface area (Å²) in [5.74, 6) is 1.52. The Labute approximate surface area is 195 Å². The van der Waals surface area contributed by atoms with Crippen LogP contribution < -0.4 is 4.74 Å². The van der Waals surface area contributed by atoms with E-state index in [-0.39, 0.29) is 11.7 Å². The highest BCUT2D eigenvalue weighted by molar-refractivity contribution is 5.91. The van der Waals surface area contributed by atoms with Gasteiger partial charge in [-0.1, -0.05) is 38.1 Å². The van der Waals surface area contributed by atoms with Gasteiger partial charge in [0.15, 0.2) is 5.76 Å². The zero-order chi connectivity index (χ0) is 23.6. The molecular weight excluding hydrogens is 419 g/mol. The van der Waals surface area contributed by atoms with E-state index in [4.69, 9.17) is 9.15 Å². The number of halogens is 1. The van der Waals surface area contributed by atoms with Crippen molar-refractivity contribution in [2.75, 3.05) is 20.2 Å². The van der Waals surface area contributed by atoms with E-state index in [1.54, 1.807) is 25.3 Å². The number of ether oxygens (including phenoxy) is 1. The van der Waals surface area contributed by atoms with Crippen molar-refractivity contribution >= 4 is 5.91 Å². The van der Waals surface area contributed by atoms with Gasteiger partial charge in [-0.05, 0) is 60.4 Å². The molecule has 1 aromatic heterocycles. The van der Waals surface area contributed by atoms with E-state index in [9.17, 15) is 9.18 Å². The normalized spacial score (nSPS) is 11.1. The lowest BCUT2D eigenvalue weighted by molar-refractivity contribution is 0.0719. The largest absolute Gasteiger partial charge is 0.497 e. The minimum Gasteiger partial charge on any atom is -0.497 e. The molecule has 0 aliphatic rings. The summed E-state index contributed by atoms with van der Waals surface area (Å²) in [6.07, 6.45) is 1.81. The summed E-state index contributed by atoms with van der Waals surface area (Å²) in [7, 11) is 1.64. The van der Waals surface area contributed by atoms with Crippen molar-refractivity contribution in [3.63, 3.8) is 0 Å². The van der Waals surface area contributed by atoms with Crippen LogP contribution in [0, 0.1) is 5.82 Å². The zero-order valence-electron chi connectivity index (χ0n) is 19.7. The van der Waals surface area contributed by atoms with Crippen LogP contribution in [0.15, 0.2) is 65.1 Å². The summed E-state index contributed by atoms with van der Waals surface area (Å²) in [5.41, 5.74) is 1.95. The van der Waals surface area contributed by atoms with Gasteiger partial charge in [0.2, 0.25) is 0 Å². The van der Waals surface area contributed by atoms with Crippen LogP contribution in [-0.4, -0.2) is 35.9 Å². The van der Waals surface area contributed by atoms with Gasteiger partial charge in [0.25, 0.3) is 5.91 Å². The molecule has 6 heteroatoms. The molecule has 2 aromatic carbocycles. The van der Waals surface area contributed by atoms with Crippen LogP contribution in [0.1, 0.15) is 54.1 Å². The second-order valence-electron chi connectivity index (χ2n) is 8.18. The van der Waals surface area contributed by atoms with Crippen molar-refractivity contribution in [2.24, 2.45) is 0 Å². The fraction of sp³-hybridized carbons (Fsp3) is 0.370. The fourth-order valence-corrected chi connectivity index (χ4v) is 3.90. The molecule has 0 unspecified atom stereocenters. The lowest BCUT2D eigenvalue weighted by Gasteiger charge is -2.22. The van der Waals surface area contributed by atoms with Crippen LogP contribution >= 0.6 is 0 Å². The second-order valence-corrected chi connectivity index (χ2v) is 8.18. The summed E-state index contributed by atoms with van der Waals surface area (Å²) in [6.45, 7) is 7.20. The number of carbonyl (C=O) groups is 1. The van der Waals surface area contributed by atoms with Crippen molar-refractivity contribution in [1.82, 2.24) is 9.80 Å². The van der Waals surface area contributed by atoms with Crippen molar-refractivity contribution in [3.8, 4) is 5.75 Å². The van der Waals surface area contributed by atoms with E-state index < -0.39 is 0 Å². The van der Waals surface area contributed by atoms with Gasteiger partial charge in [-0.25, -0.2) is 4.39 Å². The summed E-state index contributed by atoms with van der Waals surface area (Å²) < 4.78 is 25.1. The molecule has 33 heavy (non-hydrogen) atoms. The number of methoxy groups -OCH3 is 1. The molecule has 0 aliphatic heterocycles. The number of hydrogen-bond acceptors (Lipinski definition) is 4. The third-order valence-corrected chi connectivity index (χ3v) is 5.36. The lowest BCUT2D eigenvalue weighted by Crippen LogP contribution is -2.32. The molecule has 0 bridgehead atoms. The predicted octanol–water partition coefficient (Wildman–Crippen LogP) is 5.89. The molecule has 176 valence electrons. The molecule has 0 saturated heterocycles. The smallest absolute Gasteiger partial charge is 0.289 e. The maximum Gasteiger partial charge on any atom is 0.289 e. The zero-order valence-corrected chi connectivity index (χ0v) is 19.7. The van der Waals surface area contributed by atoms with Gasteiger partial charge in [0.05, 0.1) is 13.7 Å². The van der Waals surface area contributed by atoms with Gasteiger partial charge >= 0.3 is 0 Å². The molecule has 0 radical (unpaired) electrons. The molecule has 3 aromatic rings. The quantitative estimate of drug-likeness (QED) is 0.344. The topological polar surface area (TPSA) is 45.9 Å². The SMILES string of the molecule is CCCN(CCC)C(=O)c1ccc(CN(Cc2cccc(F)c2)Cc2cccc(OC)c2)o1. The summed E-state index contributed by atoms with van der Waals surface area (Å²) in [6, 6.07) is 18.1. The van der Waals surface area contributed by atoms with E-state index in [1.807, 2.05) is 41.3 Å². The number of hydrogen-bond donors (Lipinski definition) is 0. The van der Waals surface area contributed by atoms with Crippen LogP contribution in [0.3, 0.4) is 0 Å². The van der Waals surface area contributed by atoms with Crippen LogP contribution in [0.4, 0.5) is 4.39 Å². The van der Waals surface area contributed by atoms with Gasteiger partial charge in [-0.2, -0.15) is 0 Å². The molecule has 0 N–H and O–H groups in total. The van der Waals surface area contributed by atoms with Crippen molar-refractivity contribution in [2.45, 2.75) is 46.3 Å². The summed E-state index contributed by atoms with van der Waals surface area (Å²) in [4.78, 5) is 16.9. The van der Waals surface area contributed by atoms with Crippen molar-refractivity contribution in [1.29, 1.82) is 0 Å². The molecule has 0 spiro atoms. The standard InChI is InChI=1S/C27H33FN2O3/c1-4-14-30(15-5-2)27(31)26-13-12-25(33-26)20-29(18-21-8-6-10-23(28)16-21)19-22-9-7-11-24(17-22)32-3/h6-13,16-17H,4-5,14-15,18-20H2,1-3H3. The summed E-state index contributed by atoms with van der Waals surface area (Å²) >= 11 is 0. The van der Waals surface area contributed by atoms with Crippen molar-refractivity contribution in [3.05, 3.63) is 89.1 Å². The average molecular weight is 453 g/mol. The Balaban J connectivity index is 1.78. The molecule has 1 amide bonds. The van der Waals surface area contributed by atoms with E-state index in [1.165, 1.54) is 6.07 Å². The Kier molecular flexibility index (Phi) is 9.07. The van der Waals surface area contributed by atoms with Gasteiger partial charge in [0, 0.05) is 26.2 Å². The van der Waals surface area contributed by atoms with Gasteiger partial charge in [-0.15, -0.1) is 0 Å². The van der Waals surface area contributed by atoms with Crippen LogP contribution in [0.5, 0.6) is 5.75 Å². The number of carbonyl (C=O) groups excluding carboxylic acids is 1. The highest BCUT2D eigenvalue weighted by atomic mass is 19.1. The minimum absolute atomic E-state index is 0.0746. The molecule has 0 atom stereocenters. The molecule has 1 heterocycles. The first-order chi connectivity index (χ1) is 16.0. The monoisotopic (exact) mass is 452 g/mol. The first-order valence-electron chi connectivity index (χ1n) is 11.5. The minimum atomic E-state index is -0.258. The molecule has 3 rings (SSSR count). The van der Waals surface area contributed by atoms with Gasteiger partial charge in [-0.3, -0.25) is 9.69 Å². The van der Waals surface area contributed by atoms with Crippen LogP contribution in [0.2, 0.25) is 0 Å². The van der Waals surface area contributed by atoms with Crippen molar-refractivity contribution < 1.29 is 18.3 Å². The number of amides is 1. The Morgan fingerprint density at radius 2 is 1.58 bits per heavy atom. The maximum atomic E-state index is 13.8. The van der Waals surface area contributed by atoms with E-state index in [0.29, 0.717) is 44.2 Å².